The van der Waals surface area contributed by atoms with Gasteiger partial charge in [0, 0.05) is 46.7 Å². The molecule has 7 nitrogen and oxygen atoms in total. The molecular formula is C24H42O7. The molecule has 2 aliphatic rings. The lowest BCUT2D eigenvalue weighted by Gasteiger charge is -2.40. The molecule has 2 rings (SSSR count). The van der Waals surface area contributed by atoms with Crippen molar-refractivity contribution in [1.29, 1.82) is 0 Å². The maximum atomic E-state index is 10.7. The molecule has 2 saturated heterocycles. The Morgan fingerprint density at radius 2 is 1.77 bits per heavy atom. The molecule has 2 aliphatic heterocycles. The topological polar surface area (TPSA) is 78.9 Å². The van der Waals surface area contributed by atoms with Gasteiger partial charge in [0.2, 0.25) is 0 Å². The van der Waals surface area contributed by atoms with Crippen LogP contribution in [-0.2, 0) is 28.4 Å². The minimum Gasteiger partial charge on any atom is -0.390 e. The van der Waals surface area contributed by atoms with Gasteiger partial charge < -0.3 is 33.5 Å². The minimum absolute atomic E-state index is 0.0437. The van der Waals surface area contributed by atoms with Crippen LogP contribution in [0.25, 0.3) is 0 Å². The lowest BCUT2D eigenvalue weighted by molar-refractivity contribution is -0.241. The van der Waals surface area contributed by atoms with E-state index in [1.807, 2.05) is 32.1 Å². The molecule has 0 saturated carbocycles. The molecule has 0 radical (unpaired) electrons. The predicted molar refractivity (Wildman–Crippen MR) is 119 cm³/mol. The molecule has 0 unspecified atom stereocenters. The van der Waals surface area contributed by atoms with Crippen LogP contribution in [0.3, 0.4) is 0 Å². The van der Waals surface area contributed by atoms with Crippen LogP contribution in [0.1, 0.15) is 40.5 Å². The summed E-state index contributed by atoms with van der Waals surface area (Å²) in [5, 5.41) is 10.7. The van der Waals surface area contributed by atoms with Gasteiger partial charge in [0.15, 0.2) is 6.29 Å². The summed E-state index contributed by atoms with van der Waals surface area (Å²) in [5.74, 6) is 0.211. The molecule has 0 aliphatic carbocycles. The van der Waals surface area contributed by atoms with Crippen LogP contribution in [0, 0.1) is 11.8 Å². The summed E-state index contributed by atoms with van der Waals surface area (Å²) >= 11 is 0. The molecule has 31 heavy (non-hydrogen) atoms. The number of hydrogen-bond acceptors (Lipinski definition) is 7. The van der Waals surface area contributed by atoms with Crippen molar-refractivity contribution in [3.05, 3.63) is 23.8 Å². The van der Waals surface area contributed by atoms with E-state index in [0.29, 0.717) is 6.42 Å². The number of methoxy groups -OCH3 is 4. The van der Waals surface area contributed by atoms with Crippen LogP contribution in [0.4, 0.5) is 0 Å². The Morgan fingerprint density at radius 1 is 1.06 bits per heavy atom. The summed E-state index contributed by atoms with van der Waals surface area (Å²) in [4.78, 5) is 0. The quantitative estimate of drug-likeness (QED) is 0.367. The number of aliphatic hydroxyl groups excluding tert-OH is 1. The summed E-state index contributed by atoms with van der Waals surface area (Å²) < 4.78 is 34.0. The first kappa shape index (κ1) is 26.5. The van der Waals surface area contributed by atoms with Gasteiger partial charge in [-0.15, -0.1) is 0 Å². The number of aliphatic hydroxyl groups is 1. The van der Waals surface area contributed by atoms with Crippen LogP contribution in [0.15, 0.2) is 23.8 Å². The molecule has 0 aromatic carbocycles. The Bertz CT molecular complexity index is 588. The molecule has 2 fully saturated rings. The maximum absolute atomic E-state index is 10.7. The zero-order valence-corrected chi connectivity index (χ0v) is 20.3. The van der Waals surface area contributed by atoms with E-state index in [0.717, 1.165) is 12.0 Å². The lowest BCUT2D eigenvalue weighted by Crippen LogP contribution is -2.51. The molecule has 10 atom stereocenters. The van der Waals surface area contributed by atoms with Gasteiger partial charge in [-0.25, -0.2) is 0 Å². The number of rotatable bonds is 12. The van der Waals surface area contributed by atoms with E-state index >= 15 is 0 Å². The summed E-state index contributed by atoms with van der Waals surface area (Å²) in [6.45, 7) is 8.23. The van der Waals surface area contributed by atoms with E-state index in [4.69, 9.17) is 28.4 Å². The van der Waals surface area contributed by atoms with E-state index in [1.54, 1.807) is 28.4 Å². The Hall–Kier alpha value is -0.800. The highest BCUT2D eigenvalue weighted by atomic mass is 16.7. The standard InChI is InChI=1S/C24H42O7/c1-9-17(26-5)16(4)22-24(31-22)20(25)14(2)11-10-12-15(3)21-23(29-8)18(27-6)13-19(28-7)30-21/h10-12,14,16-25H,9,13H2,1-8H3/b11-10+,15-12+/t14-,16+,17-,18-,19+,20+,21+,22+,23+,24+/m0/s1. The smallest absolute Gasteiger partial charge is 0.160 e. The molecule has 0 aromatic heterocycles. The Morgan fingerprint density at radius 3 is 2.32 bits per heavy atom. The molecule has 0 spiro atoms. The fourth-order valence-electron chi connectivity index (χ4n) is 4.53. The van der Waals surface area contributed by atoms with Crippen molar-refractivity contribution in [2.45, 2.75) is 89.6 Å². The molecule has 2 heterocycles. The van der Waals surface area contributed by atoms with Crippen molar-refractivity contribution in [3.8, 4) is 0 Å². The average molecular weight is 443 g/mol. The average Bonchev–Trinajstić information content (AvgIpc) is 3.58. The SMILES string of the molecule is CC[C@H](OC)[C@@H](C)[C@H]1O[C@@H]1[C@H](O)[C@@H](C)/C=C/C=C(\C)[C@H]1O[C@@H](OC)C[C@H](OC)[C@H]1OC. The second kappa shape index (κ2) is 12.4. The van der Waals surface area contributed by atoms with Crippen LogP contribution in [-0.4, -0.2) is 82.6 Å². The fraction of sp³-hybridized carbons (Fsp3) is 0.833. The van der Waals surface area contributed by atoms with Gasteiger partial charge in [0.1, 0.15) is 18.3 Å². The summed E-state index contributed by atoms with van der Waals surface area (Å²) in [6, 6.07) is 0. The molecule has 0 bridgehead atoms. The first-order chi connectivity index (χ1) is 14.8. The summed E-state index contributed by atoms with van der Waals surface area (Å²) in [5.41, 5.74) is 1.01. The second-order valence-electron chi connectivity index (χ2n) is 8.68. The molecule has 1 N–H and O–H groups in total. The van der Waals surface area contributed by atoms with Gasteiger partial charge in [-0.2, -0.15) is 0 Å². The zero-order chi connectivity index (χ0) is 23.1. The van der Waals surface area contributed by atoms with Crippen molar-refractivity contribution < 1.29 is 33.5 Å². The van der Waals surface area contributed by atoms with E-state index in [1.165, 1.54) is 0 Å². The number of ether oxygens (including phenoxy) is 6. The van der Waals surface area contributed by atoms with Crippen molar-refractivity contribution in [2.24, 2.45) is 11.8 Å². The van der Waals surface area contributed by atoms with Gasteiger partial charge in [-0.1, -0.05) is 39.0 Å². The van der Waals surface area contributed by atoms with Crippen LogP contribution >= 0.6 is 0 Å². The third-order valence-corrected chi connectivity index (χ3v) is 6.69. The Balaban J connectivity index is 1.96. The highest BCUT2D eigenvalue weighted by Gasteiger charge is 2.50. The van der Waals surface area contributed by atoms with E-state index in [9.17, 15) is 5.11 Å². The highest BCUT2D eigenvalue weighted by molar-refractivity contribution is 5.18. The number of hydrogen-bond donors (Lipinski definition) is 1. The zero-order valence-electron chi connectivity index (χ0n) is 20.3. The Kier molecular flexibility index (Phi) is 10.6. The molecular weight excluding hydrogens is 400 g/mol. The molecule has 0 amide bonds. The van der Waals surface area contributed by atoms with Gasteiger partial charge in [-0.05, 0) is 18.9 Å². The number of epoxide rings is 1. The largest absolute Gasteiger partial charge is 0.390 e. The third kappa shape index (κ3) is 6.60. The summed E-state index contributed by atoms with van der Waals surface area (Å²) in [7, 11) is 6.71. The van der Waals surface area contributed by atoms with Crippen molar-refractivity contribution in [1.82, 2.24) is 0 Å². The van der Waals surface area contributed by atoms with Gasteiger partial charge in [-0.3, -0.25) is 0 Å². The van der Waals surface area contributed by atoms with Gasteiger partial charge in [0.05, 0.1) is 24.4 Å². The maximum Gasteiger partial charge on any atom is 0.160 e. The monoisotopic (exact) mass is 442 g/mol. The van der Waals surface area contributed by atoms with Crippen molar-refractivity contribution in [2.75, 3.05) is 28.4 Å². The Labute approximate surface area is 187 Å². The molecule has 180 valence electrons. The van der Waals surface area contributed by atoms with Crippen molar-refractivity contribution >= 4 is 0 Å². The van der Waals surface area contributed by atoms with Crippen LogP contribution in [0.2, 0.25) is 0 Å². The van der Waals surface area contributed by atoms with Gasteiger partial charge in [0.25, 0.3) is 0 Å². The third-order valence-electron chi connectivity index (χ3n) is 6.69. The molecule has 7 heteroatoms. The minimum atomic E-state index is -0.555. The van der Waals surface area contributed by atoms with E-state index in [-0.39, 0.29) is 54.7 Å². The van der Waals surface area contributed by atoms with Crippen LogP contribution < -0.4 is 0 Å². The van der Waals surface area contributed by atoms with Crippen LogP contribution in [0.5, 0.6) is 0 Å². The van der Waals surface area contributed by atoms with E-state index in [2.05, 4.69) is 13.8 Å². The lowest BCUT2D eigenvalue weighted by atomic mass is 9.91. The first-order valence-electron chi connectivity index (χ1n) is 11.3. The van der Waals surface area contributed by atoms with Crippen molar-refractivity contribution in [3.63, 3.8) is 0 Å². The first-order valence-corrected chi connectivity index (χ1v) is 11.3. The highest BCUT2D eigenvalue weighted by Crippen LogP contribution is 2.37. The second-order valence-corrected chi connectivity index (χ2v) is 8.68. The van der Waals surface area contributed by atoms with Gasteiger partial charge >= 0.3 is 0 Å². The number of allylic oxidation sites excluding steroid dienone is 2. The fourth-order valence-corrected chi connectivity index (χ4v) is 4.53. The normalized spacial score (nSPS) is 35.7. The molecule has 0 aromatic rings. The predicted octanol–water partition coefficient (Wildman–Crippen LogP) is 3.11. The summed E-state index contributed by atoms with van der Waals surface area (Å²) in [6.07, 6.45) is 6.08. The van der Waals surface area contributed by atoms with E-state index < -0.39 is 6.10 Å².